The number of piperidine rings is 1. The van der Waals surface area contributed by atoms with Crippen molar-refractivity contribution in [1.29, 1.82) is 5.26 Å². The van der Waals surface area contributed by atoms with Crippen LogP contribution in [-0.2, 0) is 14.4 Å². The maximum absolute atomic E-state index is 13.0. The van der Waals surface area contributed by atoms with Crippen LogP contribution in [0.4, 0.5) is 11.4 Å². The van der Waals surface area contributed by atoms with Crippen LogP contribution in [0.2, 0.25) is 0 Å². The number of carbonyl (C=O) groups excluding carboxylic acids is 3. The first kappa shape index (κ1) is 32.5. The second-order valence-electron chi connectivity index (χ2n) is 9.91. The highest BCUT2D eigenvalue weighted by Gasteiger charge is 2.25. The van der Waals surface area contributed by atoms with Crippen LogP contribution in [0.15, 0.2) is 47.1 Å². The number of nitrogens with zero attached hydrogens (tertiary/aromatic N) is 4. The molecule has 2 atom stereocenters. The van der Waals surface area contributed by atoms with Gasteiger partial charge in [0.2, 0.25) is 11.8 Å². The SMILES string of the molecule is C#CCNC(=O)/C(C#N)=C(\SC)N(CC)C(=O)C/C=C\Nc1cccc(N(C)C(=O)CN2CC(C)CC(C)C2)c1. The van der Waals surface area contributed by atoms with E-state index in [1.807, 2.05) is 30.3 Å². The van der Waals surface area contributed by atoms with Gasteiger partial charge in [-0.3, -0.25) is 19.3 Å². The van der Waals surface area contributed by atoms with Crippen molar-refractivity contribution in [2.45, 2.75) is 33.6 Å². The molecule has 0 bridgehead atoms. The van der Waals surface area contributed by atoms with Crippen LogP contribution < -0.4 is 15.5 Å². The van der Waals surface area contributed by atoms with Crippen molar-refractivity contribution in [3.8, 4) is 18.4 Å². The molecule has 1 aromatic carbocycles. The topological polar surface area (TPSA) is 109 Å². The van der Waals surface area contributed by atoms with Crippen LogP contribution in [0.3, 0.4) is 0 Å². The third-order valence-electron chi connectivity index (χ3n) is 6.53. The van der Waals surface area contributed by atoms with Gasteiger partial charge in [-0.05, 0) is 55.8 Å². The van der Waals surface area contributed by atoms with E-state index in [-0.39, 0.29) is 35.4 Å². The monoisotopic (exact) mass is 564 g/mol. The lowest BCUT2D eigenvalue weighted by atomic mass is 9.92. The normalized spacial score (nSPS) is 17.8. The van der Waals surface area contributed by atoms with Gasteiger partial charge in [-0.25, -0.2) is 0 Å². The number of terminal acetylenes is 1. The number of hydrogen-bond acceptors (Lipinski definition) is 7. The van der Waals surface area contributed by atoms with Gasteiger partial charge in [0.1, 0.15) is 16.7 Å². The predicted octanol–water partition coefficient (Wildman–Crippen LogP) is 3.64. The molecule has 1 fully saturated rings. The molecule has 1 aliphatic rings. The first-order chi connectivity index (χ1) is 19.1. The number of rotatable bonds is 12. The second kappa shape index (κ2) is 16.4. The molecule has 9 nitrogen and oxygen atoms in total. The molecule has 0 spiro atoms. The Morgan fingerprint density at radius 1 is 1.23 bits per heavy atom. The van der Waals surface area contributed by atoms with E-state index in [2.05, 4.69) is 35.3 Å². The van der Waals surface area contributed by atoms with Gasteiger partial charge in [-0.15, -0.1) is 18.2 Å². The molecule has 10 heteroatoms. The van der Waals surface area contributed by atoms with Gasteiger partial charge in [0.25, 0.3) is 5.91 Å². The van der Waals surface area contributed by atoms with Crippen molar-refractivity contribution in [1.82, 2.24) is 15.1 Å². The van der Waals surface area contributed by atoms with Gasteiger partial charge in [-0.1, -0.05) is 31.9 Å². The average molecular weight is 565 g/mol. The number of nitriles is 1. The zero-order valence-electron chi connectivity index (χ0n) is 24.1. The minimum absolute atomic E-state index is 0.0116. The van der Waals surface area contributed by atoms with E-state index in [0.717, 1.165) is 36.2 Å². The molecule has 0 aromatic heterocycles. The predicted molar refractivity (Wildman–Crippen MR) is 162 cm³/mol. The molecule has 214 valence electrons. The number of anilines is 2. The number of amides is 3. The Kier molecular flexibility index (Phi) is 13.3. The minimum Gasteiger partial charge on any atom is -0.362 e. The summed E-state index contributed by atoms with van der Waals surface area (Å²) in [7, 11) is 1.78. The van der Waals surface area contributed by atoms with Gasteiger partial charge >= 0.3 is 0 Å². The standard InChI is InChI=1S/C30H40N6O3S/c1-7-14-33-29(39)26(18-31)30(40-6)36(8-2)27(37)13-10-15-32-24-11-9-12-25(17-24)34(5)28(38)21-35-19-22(3)16-23(4)20-35/h1,9-12,15,17,22-23,32H,8,13-14,16,19-21H2,2-6H3,(H,33,39)/b15-10-,30-26-. The molecule has 0 saturated carbocycles. The molecule has 1 saturated heterocycles. The van der Waals surface area contributed by atoms with E-state index in [4.69, 9.17) is 6.42 Å². The number of carbonyl (C=O) groups is 3. The zero-order chi connectivity index (χ0) is 29.7. The van der Waals surface area contributed by atoms with Gasteiger partial charge in [0.15, 0.2) is 0 Å². The number of likely N-dealkylation sites (N-methyl/N-ethyl adjacent to an activating group) is 1. The van der Waals surface area contributed by atoms with E-state index >= 15 is 0 Å². The van der Waals surface area contributed by atoms with Crippen LogP contribution in [-0.4, -0.2) is 73.5 Å². The van der Waals surface area contributed by atoms with Crippen molar-refractivity contribution in [3.63, 3.8) is 0 Å². The Labute approximate surface area is 242 Å². The van der Waals surface area contributed by atoms with Crippen molar-refractivity contribution in [3.05, 3.63) is 47.1 Å². The lowest BCUT2D eigenvalue weighted by Crippen LogP contribution is -2.45. The maximum Gasteiger partial charge on any atom is 0.265 e. The van der Waals surface area contributed by atoms with Crippen molar-refractivity contribution in [2.24, 2.45) is 11.8 Å². The molecule has 0 aliphatic carbocycles. The quantitative estimate of drug-likeness (QED) is 0.227. The van der Waals surface area contributed by atoms with Crippen molar-refractivity contribution in [2.75, 3.05) is 56.2 Å². The summed E-state index contributed by atoms with van der Waals surface area (Å²) in [5, 5.41) is 15.4. The largest absolute Gasteiger partial charge is 0.362 e. The summed E-state index contributed by atoms with van der Waals surface area (Å²) in [6, 6.07) is 9.41. The Morgan fingerprint density at radius 2 is 1.93 bits per heavy atom. The first-order valence-electron chi connectivity index (χ1n) is 13.4. The van der Waals surface area contributed by atoms with Crippen LogP contribution in [0.5, 0.6) is 0 Å². The molecule has 2 unspecified atom stereocenters. The fraction of sp³-hybridized carbons (Fsp3) is 0.467. The van der Waals surface area contributed by atoms with Crippen LogP contribution in [0.1, 0.15) is 33.6 Å². The summed E-state index contributed by atoms with van der Waals surface area (Å²) in [5.41, 5.74) is 1.39. The fourth-order valence-corrected chi connectivity index (χ4v) is 5.58. The number of benzene rings is 1. The summed E-state index contributed by atoms with van der Waals surface area (Å²) in [6.45, 7) is 8.80. The molecule has 1 aromatic rings. The number of hydrogen-bond donors (Lipinski definition) is 2. The molecule has 3 amide bonds. The van der Waals surface area contributed by atoms with Crippen LogP contribution in [0, 0.1) is 35.5 Å². The van der Waals surface area contributed by atoms with Gasteiger partial charge in [0, 0.05) is 44.5 Å². The number of likely N-dealkylation sites (tertiary alicyclic amines) is 1. The Hall–Kier alpha value is -3.73. The summed E-state index contributed by atoms with van der Waals surface area (Å²) in [5.74, 6) is 2.64. The molecule has 2 N–H and O–H groups in total. The molecule has 1 heterocycles. The third kappa shape index (κ3) is 9.48. The average Bonchev–Trinajstić information content (AvgIpc) is 2.93. The molecular weight excluding hydrogens is 524 g/mol. The van der Waals surface area contributed by atoms with E-state index in [9.17, 15) is 19.6 Å². The highest BCUT2D eigenvalue weighted by atomic mass is 32.2. The van der Waals surface area contributed by atoms with Crippen LogP contribution in [0.25, 0.3) is 0 Å². The number of thioether (sulfide) groups is 1. The lowest BCUT2D eigenvalue weighted by Gasteiger charge is -2.35. The number of nitrogens with one attached hydrogen (secondary N) is 2. The fourth-order valence-electron chi connectivity index (χ4n) is 4.79. The summed E-state index contributed by atoms with van der Waals surface area (Å²) in [6.07, 6.45) is 11.5. The summed E-state index contributed by atoms with van der Waals surface area (Å²) >= 11 is 1.15. The second-order valence-corrected chi connectivity index (χ2v) is 10.7. The minimum atomic E-state index is -0.614. The lowest BCUT2D eigenvalue weighted by molar-refractivity contribution is -0.127. The van der Waals surface area contributed by atoms with Crippen molar-refractivity contribution >= 4 is 40.9 Å². The Bertz CT molecular complexity index is 1190. The molecular formula is C30H40N6O3S. The summed E-state index contributed by atoms with van der Waals surface area (Å²) in [4.78, 5) is 43.6. The zero-order valence-corrected chi connectivity index (χ0v) is 24.9. The molecule has 1 aliphatic heterocycles. The van der Waals surface area contributed by atoms with Gasteiger partial charge in [-0.2, -0.15) is 5.26 Å². The Balaban J connectivity index is 2.01. The molecule has 0 radical (unpaired) electrons. The first-order valence-corrected chi connectivity index (χ1v) is 14.6. The molecule has 2 rings (SSSR count). The Morgan fingerprint density at radius 3 is 2.52 bits per heavy atom. The van der Waals surface area contributed by atoms with E-state index in [0.29, 0.717) is 24.9 Å². The van der Waals surface area contributed by atoms with Crippen molar-refractivity contribution < 1.29 is 14.4 Å². The highest BCUT2D eigenvalue weighted by Crippen LogP contribution is 2.24. The summed E-state index contributed by atoms with van der Waals surface area (Å²) < 4.78 is 0. The highest BCUT2D eigenvalue weighted by molar-refractivity contribution is 8.02. The van der Waals surface area contributed by atoms with Crippen LogP contribution >= 0.6 is 11.8 Å². The van der Waals surface area contributed by atoms with E-state index in [1.54, 1.807) is 37.4 Å². The van der Waals surface area contributed by atoms with E-state index < -0.39 is 5.91 Å². The smallest absolute Gasteiger partial charge is 0.265 e. The van der Waals surface area contributed by atoms with Gasteiger partial charge < -0.3 is 20.4 Å². The third-order valence-corrected chi connectivity index (χ3v) is 7.34. The maximum atomic E-state index is 13.0. The molecule has 40 heavy (non-hydrogen) atoms. The van der Waals surface area contributed by atoms with E-state index in [1.165, 1.54) is 11.3 Å². The van der Waals surface area contributed by atoms with Gasteiger partial charge in [0.05, 0.1) is 13.1 Å².